The van der Waals surface area contributed by atoms with Gasteiger partial charge in [-0.15, -0.1) is 0 Å². The van der Waals surface area contributed by atoms with Crippen molar-refractivity contribution < 1.29 is 4.74 Å². The van der Waals surface area contributed by atoms with Crippen molar-refractivity contribution in [3.8, 4) is 5.75 Å². The number of anilines is 1. The number of ether oxygens (including phenoxy) is 1. The molecule has 0 atom stereocenters. The van der Waals surface area contributed by atoms with Crippen LogP contribution in [-0.4, -0.2) is 30.7 Å². The molecule has 2 aromatic rings. The van der Waals surface area contributed by atoms with Gasteiger partial charge in [-0.1, -0.05) is 12.1 Å². The standard InChI is InChI=1S/C15H19N3O/c1-18(15-16-10-4-11-17-15)12-3-5-13-6-8-14(19-2)9-7-13/h4,6-11H,3,5,12H2,1-2H3. The Bertz CT molecular complexity index is 485. The second-order valence-corrected chi connectivity index (χ2v) is 4.42. The summed E-state index contributed by atoms with van der Waals surface area (Å²) in [6.45, 7) is 0.941. The van der Waals surface area contributed by atoms with E-state index < -0.39 is 0 Å². The molecule has 0 amide bonds. The summed E-state index contributed by atoms with van der Waals surface area (Å²) in [5.41, 5.74) is 1.32. The van der Waals surface area contributed by atoms with Crippen molar-refractivity contribution >= 4 is 5.95 Å². The van der Waals surface area contributed by atoms with E-state index in [1.807, 2.05) is 25.2 Å². The molecule has 4 heteroatoms. The van der Waals surface area contributed by atoms with Gasteiger partial charge < -0.3 is 9.64 Å². The number of nitrogens with zero attached hydrogens (tertiary/aromatic N) is 3. The molecule has 0 aliphatic rings. The van der Waals surface area contributed by atoms with Crippen LogP contribution in [0.5, 0.6) is 5.75 Å². The van der Waals surface area contributed by atoms with E-state index >= 15 is 0 Å². The molecule has 0 aliphatic carbocycles. The Balaban J connectivity index is 1.79. The third-order valence-electron chi connectivity index (χ3n) is 3.01. The lowest BCUT2D eigenvalue weighted by Gasteiger charge is -2.16. The van der Waals surface area contributed by atoms with E-state index in [9.17, 15) is 0 Å². The monoisotopic (exact) mass is 257 g/mol. The van der Waals surface area contributed by atoms with Crippen LogP contribution in [0.15, 0.2) is 42.7 Å². The minimum absolute atomic E-state index is 0.775. The van der Waals surface area contributed by atoms with E-state index in [1.165, 1.54) is 5.56 Å². The second-order valence-electron chi connectivity index (χ2n) is 4.42. The summed E-state index contributed by atoms with van der Waals surface area (Å²) >= 11 is 0. The predicted molar refractivity (Wildman–Crippen MR) is 76.6 cm³/mol. The molecule has 1 aromatic heterocycles. The quantitative estimate of drug-likeness (QED) is 0.797. The summed E-state index contributed by atoms with van der Waals surface area (Å²) in [5, 5.41) is 0. The highest BCUT2D eigenvalue weighted by Gasteiger charge is 2.02. The van der Waals surface area contributed by atoms with Crippen molar-refractivity contribution in [2.75, 3.05) is 25.6 Å². The number of aromatic nitrogens is 2. The molecule has 0 N–H and O–H groups in total. The number of hydrogen-bond acceptors (Lipinski definition) is 4. The molecule has 0 unspecified atom stereocenters. The summed E-state index contributed by atoms with van der Waals surface area (Å²) in [6.07, 6.45) is 5.65. The van der Waals surface area contributed by atoms with Gasteiger partial charge in [-0.2, -0.15) is 0 Å². The van der Waals surface area contributed by atoms with Crippen LogP contribution in [0.25, 0.3) is 0 Å². The van der Waals surface area contributed by atoms with Crippen LogP contribution >= 0.6 is 0 Å². The lowest BCUT2D eigenvalue weighted by Crippen LogP contribution is -2.21. The Labute approximate surface area is 114 Å². The Morgan fingerprint density at radius 3 is 2.42 bits per heavy atom. The summed E-state index contributed by atoms with van der Waals surface area (Å²) in [7, 11) is 3.70. The highest BCUT2D eigenvalue weighted by atomic mass is 16.5. The molecular formula is C15H19N3O. The minimum Gasteiger partial charge on any atom is -0.497 e. The van der Waals surface area contributed by atoms with Crippen LogP contribution in [0.1, 0.15) is 12.0 Å². The lowest BCUT2D eigenvalue weighted by molar-refractivity contribution is 0.414. The van der Waals surface area contributed by atoms with Crippen molar-refractivity contribution in [3.05, 3.63) is 48.3 Å². The molecule has 0 radical (unpaired) electrons. The van der Waals surface area contributed by atoms with Crippen LogP contribution < -0.4 is 9.64 Å². The van der Waals surface area contributed by atoms with E-state index in [2.05, 4.69) is 27.0 Å². The molecule has 100 valence electrons. The lowest BCUT2D eigenvalue weighted by atomic mass is 10.1. The molecule has 0 spiro atoms. The number of rotatable bonds is 6. The Morgan fingerprint density at radius 1 is 1.11 bits per heavy atom. The Morgan fingerprint density at radius 2 is 1.79 bits per heavy atom. The van der Waals surface area contributed by atoms with Crippen molar-refractivity contribution in [1.82, 2.24) is 9.97 Å². The first-order valence-corrected chi connectivity index (χ1v) is 6.40. The molecule has 0 aliphatic heterocycles. The fourth-order valence-corrected chi connectivity index (χ4v) is 1.90. The number of methoxy groups -OCH3 is 1. The van der Waals surface area contributed by atoms with E-state index in [1.54, 1.807) is 19.5 Å². The number of benzene rings is 1. The largest absolute Gasteiger partial charge is 0.497 e. The van der Waals surface area contributed by atoms with Gasteiger partial charge in [0.05, 0.1) is 7.11 Å². The third-order valence-corrected chi connectivity index (χ3v) is 3.01. The zero-order valence-electron chi connectivity index (χ0n) is 11.4. The van der Waals surface area contributed by atoms with Gasteiger partial charge in [0.25, 0.3) is 0 Å². The van der Waals surface area contributed by atoms with Gasteiger partial charge in [-0.05, 0) is 36.6 Å². The van der Waals surface area contributed by atoms with Crippen molar-refractivity contribution in [2.24, 2.45) is 0 Å². The smallest absolute Gasteiger partial charge is 0.224 e. The molecule has 1 heterocycles. The predicted octanol–water partition coefficient (Wildman–Crippen LogP) is 2.55. The zero-order chi connectivity index (χ0) is 13.5. The number of aryl methyl sites for hydroxylation is 1. The minimum atomic E-state index is 0.775. The average Bonchev–Trinajstić information content (AvgIpc) is 2.49. The van der Waals surface area contributed by atoms with Gasteiger partial charge in [0.15, 0.2) is 0 Å². The van der Waals surface area contributed by atoms with Crippen LogP contribution in [0.3, 0.4) is 0 Å². The Hall–Kier alpha value is -2.10. The van der Waals surface area contributed by atoms with E-state index in [0.29, 0.717) is 0 Å². The van der Waals surface area contributed by atoms with Crippen molar-refractivity contribution in [3.63, 3.8) is 0 Å². The first-order valence-electron chi connectivity index (χ1n) is 6.40. The first-order chi connectivity index (χ1) is 9.29. The van der Waals surface area contributed by atoms with Crippen molar-refractivity contribution in [1.29, 1.82) is 0 Å². The average molecular weight is 257 g/mol. The maximum absolute atomic E-state index is 5.14. The van der Waals surface area contributed by atoms with Gasteiger partial charge in [0.2, 0.25) is 5.95 Å². The second kappa shape index (κ2) is 6.73. The highest BCUT2D eigenvalue weighted by Crippen LogP contribution is 2.13. The van der Waals surface area contributed by atoms with Gasteiger partial charge in [0.1, 0.15) is 5.75 Å². The van der Waals surface area contributed by atoms with Crippen LogP contribution in [0.4, 0.5) is 5.95 Å². The zero-order valence-corrected chi connectivity index (χ0v) is 11.4. The Kier molecular flexibility index (Phi) is 4.72. The summed E-state index contributed by atoms with van der Waals surface area (Å²) in [4.78, 5) is 10.5. The van der Waals surface area contributed by atoms with Crippen molar-refractivity contribution in [2.45, 2.75) is 12.8 Å². The fourth-order valence-electron chi connectivity index (χ4n) is 1.90. The van der Waals surface area contributed by atoms with Crippen LogP contribution in [0, 0.1) is 0 Å². The molecule has 4 nitrogen and oxygen atoms in total. The van der Waals surface area contributed by atoms with Crippen LogP contribution in [0.2, 0.25) is 0 Å². The maximum atomic E-state index is 5.14. The summed E-state index contributed by atoms with van der Waals surface area (Å²) in [5.74, 6) is 1.68. The van der Waals surface area contributed by atoms with E-state index in [-0.39, 0.29) is 0 Å². The molecule has 0 bridgehead atoms. The van der Waals surface area contributed by atoms with E-state index in [0.717, 1.165) is 31.1 Å². The number of hydrogen-bond donors (Lipinski definition) is 0. The normalized spacial score (nSPS) is 10.2. The van der Waals surface area contributed by atoms with Crippen LogP contribution in [-0.2, 0) is 6.42 Å². The highest BCUT2D eigenvalue weighted by molar-refractivity contribution is 5.28. The molecule has 0 fully saturated rings. The SMILES string of the molecule is COc1ccc(CCCN(C)c2ncccn2)cc1. The van der Waals surface area contributed by atoms with Gasteiger partial charge in [-0.25, -0.2) is 9.97 Å². The third kappa shape index (κ3) is 3.95. The van der Waals surface area contributed by atoms with Gasteiger partial charge in [0, 0.05) is 26.0 Å². The van der Waals surface area contributed by atoms with Gasteiger partial charge in [-0.3, -0.25) is 0 Å². The van der Waals surface area contributed by atoms with E-state index in [4.69, 9.17) is 4.74 Å². The maximum Gasteiger partial charge on any atom is 0.224 e. The molecule has 2 rings (SSSR count). The van der Waals surface area contributed by atoms with Gasteiger partial charge >= 0.3 is 0 Å². The molecule has 1 aromatic carbocycles. The molecular weight excluding hydrogens is 238 g/mol. The fraction of sp³-hybridized carbons (Fsp3) is 0.333. The first kappa shape index (κ1) is 13.3. The topological polar surface area (TPSA) is 38.2 Å². The molecule has 0 saturated heterocycles. The molecule has 0 saturated carbocycles. The summed E-state index contributed by atoms with van der Waals surface area (Å²) < 4.78 is 5.14. The molecule has 19 heavy (non-hydrogen) atoms. The summed E-state index contributed by atoms with van der Waals surface area (Å²) in [6, 6.07) is 10.0.